The van der Waals surface area contributed by atoms with E-state index in [9.17, 15) is 36.3 Å². The number of likely N-dealkylation sites (N-methyl/N-ethyl adjacent to an activating group) is 1. The number of hydrogen-bond acceptors (Lipinski definition) is 6. The summed E-state index contributed by atoms with van der Waals surface area (Å²) in [5.41, 5.74) is 0.529. The Labute approximate surface area is 242 Å². The molecule has 0 fully saturated rings. The molecule has 0 radical (unpaired) electrons. The molecule has 0 spiro atoms. The van der Waals surface area contributed by atoms with Crippen molar-refractivity contribution >= 4 is 39.1 Å². The summed E-state index contributed by atoms with van der Waals surface area (Å²) in [5.74, 6) is -1.30. The van der Waals surface area contributed by atoms with E-state index in [-0.39, 0.29) is 54.3 Å². The molecule has 2 aromatic rings. The highest BCUT2D eigenvalue weighted by Crippen LogP contribution is 2.30. The number of amides is 2. The van der Waals surface area contributed by atoms with Crippen LogP contribution in [-0.4, -0.2) is 79.6 Å². The number of aliphatic hydroxyl groups is 1. The third-order valence-electron chi connectivity index (χ3n) is 6.79. The molecule has 0 unspecified atom stereocenters. The fourth-order valence-corrected chi connectivity index (χ4v) is 5.65. The first kappa shape index (κ1) is 32.6. The highest BCUT2D eigenvalue weighted by Gasteiger charge is 2.34. The summed E-state index contributed by atoms with van der Waals surface area (Å²) in [6.07, 6.45) is -7.43. The number of rotatable bonds is 9. The highest BCUT2D eigenvalue weighted by molar-refractivity contribution is 7.89. The van der Waals surface area contributed by atoms with E-state index >= 15 is 0 Å². The molecule has 3 atom stereocenters. The van der Waals surface area contributed by atoms with Gasteiger partial charge in [-0.15, -0.1) is 0 Å². The topological polar surface area (TPSA) is 116 Å². The first-order chi connectivity index (χ1) is 19.1. The molecule has 1 aliphatic rings. The van der Waals surface area contributed by atoms with Crippen molar-refractivity contribution in [2.75, 3.05) is 32.1 Å². The molecule has 0 bridgehead atoms. The molecule has 226 valence electrons. The van der Waals surface area contributed by atoms with Gasteiger partial charge in [0.2, 0.25) is 21.8 Å². The number of alkyl halides is 3. The maximum absolute atomic E-state index is 13.3. The third-order valence-corrected chi connectivity index (χ3v) is 8.88. The average Bonchev–Trinajstić information content (AvgIpc) is 2.94. The first-order valence-corrected chi connectivity index (χ1v) is 14.7. The lowest BCUT2D eigenvalue weighted by atomic mass is 10.0. The molecule has 2 amide bonds. The van der Waals surface area contributed by atoms with Crippen molar-refractivity contribution in [2.24, 2.45) is 5.92 Å². The van der Waals surface area contributed by atoms with Crippen LogP contribution in [0.1, 0.15) is 32.3 Å². The molecular weight excluding hydrogens is 587 g/mol. The van der Waals surface area contributed by atoms with Crippen LogP contribution in [0.25, 0.3) is 0 Å². The number of hydrogen-bond donors (Lipinski definition) is 2. The smallest absolute Gasteiger partial charge is 0.389 e. The van der Waals surface area contributed by atoms with Crippen LogP contribution in [0.5, 0.6) is 5.75 Å². The van der Waals surface area contributed by atoms with Crippen molar-refractivity contribution in [3.63, 3.8) is 0 Å². The van der Waals surface area contributed by atoms with Crippen LogP contribution in [0.3, 0.4) is 0 Å². The van der Waals surface area contributed by atoms with E-state index in [0.29, 0.717) is 10.6 Å². The summed E-state index contributed by atoms with van der Waals surface area (Å²) in [6.45, 7) is 3.24. The largest absolute Gasteiger partial charge is 0.488 e. The van der Waals surface area contributed by atoms with Gasteiger partial charge in [0.05, 0.1) is 36.9 Å². The Balaban J connectivity index is 1.92. The van der Waals surface area contributed by atoms with Crippen molar-refractivity contribution in [3.8, 4) is 5.75 Å². The van der Waals surface area contributed by atoms with E-state index in [1.807, 2.05) is 0 Å². The number of nitrogens with zero attached hydrogens (tertiary/aromatic N) is 2. The molecule has 0 aliphatic carbocycles. The van der Waals surface area contributed by atoms with Crippen LogP contribution >= 0.6 is 11.6 Å². The Morgan fingerprint density at radius 3 is 2.51 bits per heavy atom. The zero-order valence-corrected chi connectivity index (χ0v) is 24.4. The SMILES string of the molecule is C[C@H]1CN([C@@H](C)CO)C(=O)Cc2cc(NC(=O)CCC(F)(F)F)ccc2O[C@@H]1CN(C)S(=O)(=O)c1ccc(Cl)cc1. The minimum absolute atomic E-state index is 0.0390. The Morgan fingerprint density at radius 2 is 1.90 bits per heavy atom. The van der Waals surface area contributed by atoms with Gasteiger partial charge < -0.3 is 20.1 Å². The van der Waals surface area contributed by atoms with E-state index in [0.717, 1.165) is 4.31 Å². The van der Waals surface area contributed by atoms with Crippen molar-refractivity contribution in [3.05, 3.63) is 53.1 Å². The predicted octanol–water partition coefficient (Wildman–Crippen LogP) is 4.09. The molecule has 0 aromatic heterocycles. The molecular formula is C27H33ClF3N3O6S. The van der Waals surface area contributed by atoms with Crippen LogP contribution in [0, 0.1) is 5.92 Å². The van der Waals surface area contributed by atoms with Gasteiger partial charge in [0, 0.05) is 42.2 Å². The van der Waals surface area contributed by atoms with Crippen LogP contribution in [-0.2, 0) is 26.0 Å². The number of nitrogens with one attached hydrogen (secondary N) is 1. The number of fused-ring (bicyclic) bond motifs is 1. The van der Waals surface area contributed by atoms with E-state index in [1.165, 1.54) is 54.4 Å². The maximum Gasteiger partial charge on any atom is 0.389 e. The zero-order valence-electron chi connectivity index (χ0n) is 22.8. The van der Waals surface area contributed by atoms with Crippen LogP contribution < -0.4 is 10.1 Å². The van der Waals surface area contributed by atoms with Gasteiger partial charge in [0.25, 0.3) is 0 Å². The van der Waals surface area contributed by atoms with E-state index in [2.05, 4.69) is 5.32 Å². The van der Waals surface area contributed by atoms with Crippen molar-refractivity contribution in [1.29, 1.82) is 0 Å². The van der Waals surface area contributed by atoms with Gasteiger partial charge in [-0.05, 0) is 49.4 Å². The third kappa shape index (κ3) is 8.81. The Kier molecular flexibility index (Phi) is 10.7. The van der Waals surface area contributed by atoms with Gasteiger partial charge >= 0.3 is 6.18 Å². The molecule has 2 N–H and O–H groups in total. The van der Waals surface area contributed by atoms with Gasteiger partial charge in [-0.3, -0.25) is 9.59 Å². The summed E-state index contributed by atoms with van der Waals surface area (Å²) >= 11 is 5.90. The van der Waals surface area contributed by atoms with Gasteiger partial charge in [-0.1, -0.05) is 18.5 Å². The number of ether oxygens (including phenoxy) is 1. The second kappa shape index (κ2) is 13.4. The number of benzene rings is 2. The molecule has 2 aromatic carbocycles. The molecule has 14 heteroatoms. The van der Waals surface area contributed by atoms with Gasteiger partial charge in [-0.25, -0.2) is 8.42 Å². The lowest BCUT2D eigenvalue weighted by Crippen LogP contribution is -2.48. The quantitative estimate of drug-likeness (QED) is 0.437. The second-order valence-corrected chi connectivity index (χ2v) is 12.6. The van der Waals surface area contributed by atoms with Crippen LogP contribution in [0.2, 0.25) is 5.02 Å². The molecule has 1 aliphatic heterocycles. The molecule has 0 saturated heterocycles. The van der Waals surface area contributed by atoms with E-state index < -0.39 is 47.1 Å². The van der Waals surface area contributed by atoms with Crippen molar-refractivity contribution in [2.45, 2.75) is 56.3 Å². The minimum Gasteiger partial charge on any atom is -0.488 e. The summed E-state index contributed by atoms with van der Waals surface area (Å²) in [6, 6.07) is 9.55. The Bertz CT molecular complexity index is 1340. The number of carbonyl (C=O) groups is 2. The number of anilines is 1. The summed E-state index contributed by atoms with van der Waals surface area (Å²) in [4.78, 5) is 26.9. The molecule has 0 saturated carbocycles. The Hall–Kier alpha value is -2.87. The molecule has 1 heterocycles. The van der Waals surface area contributed by atoms with Crippen molar-refractivity contribution < 1.29 is 41.0 Å². The van der Waals surface area contributed by atoms with Crippen molar-refractivity contribution in [1.82, 2.24) is 9.21 Å². The first-order valence-electron chi connectivity index (χ1n) is 12.9. The zero-order chi connectivity index (χ0) is 30.5. The number of aliphatic hydroxyl groups excluding tert-OH is 1. The lowest BCUT2D eigenvalue weighted by molar-refractivity contribution is -0.142. The summed E-state index contributed by atoms with van der Waals surface area (Å²) < 4.78 is 71.5. The average molecular weight is 620 g/mol. The lowest BCUT2D eigenvalue weighted by Gasteiger charge is -2.33. The van der Waals surface area contributed by atoms with Gasteiger partial charge in [-0.2, -0.15) is 17.5 Å². The predicted molar refractivity (Wildman–Crippen MR) is 147 cm³/mol. The highest BCUT2D eigenvalue weighted by atomic mass is 35.5. The summed E-state index contributed by atoms with van der Waals surface area (Å²) in [5, 5.41) is 12.6. The maximum atomic E-state index is 13.3. The fraction of sp³-hybridized carbons (Fsp3) is 0.481. The normalized spacial score (nSPS) is 19.0. The number of sulfonamides is 1. The molecule has 3 rings (SSSR count). The fourth-order valence-electron chi connectivity index (χ4n) is 4.34. The molecule has 41 heavy (non-hydrogen) atoms. The van der Waals surface area contributed by atoms with Crippen LogP contribution in [0.15, 0.2) is 47.4 Å². The second-order valence-electron chi connectivity index (χ2n) is 10.1. The number of halogens is 4. The standard InChI is InChI=1S/C27H33ClF3N3O6S/c1-17-14-34(18(2)16-35)26(37)13-19-12-21(32-25(36)10-11-27(29,30)31)6-9-23(19)40-24(17)15-33(3)41(38,39)22-7-4-20(28)5-8-22/h4-9,12,17-18,24,35H,10-11,13-16H2,1-3H3,(H,32,36)/t17-,18-,24+/m0/s1. The van der Waals surface area contributed by atoms with E-state index in [4.69, 9.17) is 16.3 Å². The monoisotopic (exact) mass is 619 g/mol. The van der Waals surface area contributed by atoms with Crippen LogP contribution in [0.4, 0.5) is 18.9 Å². The Morgan fingerprint density at radius 1 is 1.24 bits per heavy atom. The number of carbonyl (C=O) groups excluding carboxylic acids is 2. The minimum atomic E-state index is -4.48. The van der Waals surface area contributed by atoms with Gasteiger partial charge in [0.1, 0.15) is 11.9 Å². The summed E-state index contributed by atoms with van der Waals surface area (Å²) in [7, 11) is -2.51. The van der Waals surface area contributed by atoms with E-state index in [1.54, 1.807) is 13.8 Å². The molecule has 9 nitrogen and oxygen atoms in total. The van der Waals surface area contributed by atoms with Gasteiger partial charge in [0.15, 0.2) is 0 Å².